The quantitative estimate of drug-likeness (QED) is 0.0337. The van der Waals surface area contributed by atoms with Gasteiger partial charge in [-0.25, -0.2) is 19.2 Å². The van der Waals surface area contributed by atoms with Crippen molar-refractivity contribution in [2.75, 3.05) is 46.5 Å². The van der Waals surface area contributed by atoms with Gasteiger partial charge in [-0.2, -0.15) is 0 Å². The van der Waals surface area contributed by atoms with Crippen LogP contribution in [-0.2, 0) is 28.5 Å². The highest BCUT2D eigenvalue weighted by Gasteiger charge is 2.26. The van der Waals surface area contributed by atoms with Crippen LogP contribution in [0.4, 0.5) is 0 Å². The Morgan fingerprint density at radius 2 is 1.28 bits per heavy atom. The van der Waals surface area contributed by atoms with Crippen LogP contribution in [0.5, 0.6) is 11.5 Å². The molecule has 1 heterocycles. The molecule has 1 aliphatic rings. The van der Waals surface area contributed by atoms with Crippen molar-refractivity contribution in [3.63, 3.8) is 0 Å². The smallest absolute Gasteiger partial charge is 0.337 e. The van der Waals surface area contributed by atoms with Crippen LogP contribution in [0.1, 0.15) is 79.0 Å². The fourth-order valence-electron chi connectivity index (χ4n) is 4.02. The number of carbonyl (C=O) groups is 4. The lowest BCUT2D eigenvalue weighted by Gasteiger charge is -2.09. The molecular weight excluding hydrogens is 757 g/mol. The number of cyclic esters (lactones) is 1. The van der Waals surface area contributed by atoms with E-state index in [-0.39, 0.29) is 29.6 Å². The van der Waals surface area contributed by atoms with Crippen molar-refractivity contribution in [3.05, 3.63) is 84.0 Å². The van der Waals surface area contributed by atoms with Crippen LogP contribution in [-0.4, -0.2) is 104 Å². The largest absolute Gasteiger partial charge is 0.494 e. The number of aliphatic carboxylic acids is 1. The van der Waals surface area contributed by atoms with Crippen molar-refractivity contribution in [1.82, 2.24) is 0 Å². The number of carboxylic acid groups (broad SMARTS) is 1. The molecule has 0 aliphatic carbocycles. The fourth-order valence-corrected chi connectivity index (χ4v) is 4.26. The summed E-state index contributed by atoms with van der Waals surface area (Å²) in [5.74, 6) is 1.87. The van der Waals surface area contributed by atoms with Crippen molar-refractivity contribution in [2.45, 2.75) is 64.4 Å². The molecule has 54 heavy (non-hydrogen) atoms. The van der Waals surface area contributed by atoms with Crippen molar-refractivity contribution >= 4 is 62.3 Å². The maximum Gasteiger partial charge on any atom is 0.337 e. The number of hydrogen-bond acceptors (Lipinski definition) is 10. The van der Waals surface area contributed by atoms with Gasteiger partial charge in [-0.3, -0.25) is 0 Å². The van der Waals surface area contributed by atoms with Crippen LogP contribution in [0, 0.1) is 12.3 Å². The zero-order valence-electron chi connectivity index (χ0n) is 31.8. The van der Waals surface area contributed by atoms with Crippen molar-refractivity contribution < 1.29 is 52.7 Å². The average molecular weight is 808 g/mol. The summed E-state index contributed by atoms with van der Waals surface area (Å²) in [6.07, 6.45) is 12.2. The molecule has 0 aromatic heterocycles. The molecule has 1 atom stereocenters. The van der Waals surface area contributed by atoms with Crippen molar-refractivity contribution in [2.24, 2.45) is 0 Å². The third-order valence-corrected chi connectivity index (χ3v) is 7.43. The van der Waals surface area contributed by atoms with Gasteiger partial charge in [0.2, 0.25) is 0 Å². The fraction of sp³-hybridized carbons (Fsp3) is 0.436. The molecule has 15 heteroatoms. The van der Waals surface area contributed by atoms with E-state index in [9.17, 15) is 19.2 Å². The Balaban J connectivity index is 0. The van der Waals surface area contributed by atoms with Gasteiger partial charge >= 0.3 is 23.9 Å². The number of unbranched alkanes of at least 4 members (excludes halogenated alkanes) is 4. The highest BCUT2D eigenvalue weighted by atomic mass is 79.9. The summed E-state index contributed by atoms with van der Waals surface area (Å²) >= 11 is 2.93. The summed E-state index contributed by atoms with van der Waals surface area (Å²) in [5, 5.41) is 8.39. The van der Waals surface area contributed by atoms with Crippen LogP contribution in [0.15, 0.2) is 72.8 Å². The summed E-state index contributed by atoms with van der Waals surface area (Å²) < 4.78 is 30.6. The Labute approximate surface area is 332 Å². The molecule has 3 rings (SSSR count). The second-order valence-corrected chi connectivity index (χ2v) is 11.6. The molecule has 1 aliphatic heterocycles. The van der Waals surface area contributed by atoms with Gasteiger partial charge in [-0.05, 0) is 100 Å². The van der Waals surface area contributed by atoms with Gasteiger partial charge in [-0.1, -0.05) is 29.1 Å². The molecule has 0 bridgehead atoms. The molecule has 1 unspecified atom stereocenters. The number of carbonyl (C=O) groups excluding carboxylic acids is 3. The molecule has 0 amide bonds. The van der Waals surface area contributed by atoms with E-state index >= 15 is 0 Å². The molecular formula is C39H51B3BrO11. The monoisotopic (exact) mass is 807 g/mol. The van der Waals surface area contributed by atoms with Gasteiger partial charge in [0.25, 0.3) is 0 Å². The number of rotatable bonds is 18. The minimum atomic E-state index is -0.947. The first-order valence-corrected chi connectivity index (χ1v) is 18.1. The Morgan fingerprint density at radius 1 is 0.870 bits per heavy atom. The predicted octanol–water partition coefficient (Wildman–Crippen LogP) is 6.47. The molecule has 1 N–H and O–H groups in total. The van der Waals surface area contributed by atoms with E-state index in [1.54, 1.807) is 62.6 Å². The SMILES string of the molecule is C#CC.C=C(CBr)C(=O)O.C=C1CC(CCCCCOc2ccc(C(=O)OC)cc2)OC1=O.COCCCCCOc1ccc(C(=O)OC)cc1.[B][B][B]. The van der Waals surface area contributed by atoms with E-state index in [0.717, 1.165) is 70.1 Å². The van der Waals surface area contributed by atoms with Crippen molar-refractivity contribution in [3.8, 4) is 23.8 Å². The van der Waals surface area contributed by atoms with E-state index in [1.807, 2.05) is 0 Å². The van der Waals surface area contributed by atoms with Gasteiger partial charge in [0, 0.05) is 59.1 Å². The number of methoxy groups -OCH3 is 3. The van der Waals surface area contributed by atoms with E-state index < -0.39 is 5.97 Å². The normalized spacial score (nSPS) is 12.0. The topological polar surface area (TPSA) is 144 Å². The highest BCUT2D eigenvalue weighted by Crippen LogP contribution is 2.23. The Bertz CT molecular complexity index is 1400. The zero-order valence-corrected chi connectivity index (χ0v) is 33.4. The summed E-state index contributed by atoms with van der Waals surface area (Å²) in [5.41, 5.74) is 1.80. The zero-order chi connectivity index (χ0) is 41.1. The van der Waals surface area contributed by atoms with Crippen LogP contribution in [0.3, 0.4) is 0 Å². The lowest BCUT2D eigenvalue weighted by atomic mass is 9.40. The number of benzene rings is 2. The molecule has 1 saturated heterocycles. The minimum Gasteiger partial charge on any atom is -0.494 e. The number of esters is 3. The van der Waals surface area contributed by atoms with Crippen molar-refractivity contribution in [1.29, 1.82) is 0 Å². The summed E-state index contributed by atoms with van der Waals surface area (Å²) in [7, 11) is 14.4. The molecule has 1 fully saturated rings. The van der Waals surface area contributed by atoms with E-state index in [2.05, 4.69) is 66.4 Å². The summed E-state index contributed by atoms with van der Waals surface area (Å²) in [4.78, 5) is 43.5. The molecule has 11 nitrogen and oxygen atoms in total. The highest BCUT2D eigenvalue weighted by molar-refractivity contribution is 9.09. The minimum absolute atomic E-state index is 0.00165. The maximum absolute atomic E-state index is 11.3. The Morgan fingerprint density at radius 3 is 1.59 bits per heavy atom. The number of alkyl halides is 1. The predicted molar refractivity (Wildman–Crippen MR) is 217 cm³/mol. The molecule has 2 aromatic carbocycles. The first-order valence-electron chi connectivity index (χ1n) is 17.0. The number of hydrogen-bond donors (Lipinski definition) is 1. The van der Waals surface area contributed by atoms with Crippen LogP contribution in [0.2, 0.25) is 0 Å². The van der Waals surface area contributed by atoms with Gasteiger partial charge in [0.05, 0.1) is 38.6 Å². The van der Waals surface area contributed by atoms with Gasteiger partial charge < -0.3 is 33.5 Å². The first-order chi connectivity index (χ1) is 25.9. The van der Waals surface area contributed by atoms with Crippen LogP contribution < -0.4 is 9.47 Å². The number of halogens is 1. The van der Waals surface area contributed by atoms with Crippen LogP contribution >= 0.6 is 15.9 Å². The third-order valence-electron chi connectivity index (χ3n) is 6.75. The second kappa shape index (κ2) is 34.4. The van der Waals surface area contributed by atoms with Gasteiger partial charge in [-0.15, -0.1) is 12.3 Å². The summed E-state index contributed by atoms with van der Waals surface area (Å²) in [6, 6.07) is 13.8. The number of carboxylic acids is 1. The molecule has 5 radical (unpaired) electrons. The first kappa shape index (κ1) is 51.7. The maximum atomic E-state index is 11.3. The second-order valence-electron chi connectivity index (χ2n) is 11.0. The van der Waals surface area contributed by atoms with Gasteiger partial charge in [0.1, 0.15) is 17.6 Å². The average Bonchev–Trinajstić information content (AvgIpc) is 3.50. The molecule has 0 saturated carbocycles. The van der Waals surface area contributed by atoms with E-state index in [1.165, 1.54) is 14.2 Å². The lowest BCUT2D eigenvalue weighted by molar-refractivity contribution is -0.139. The number of terminal acetylenes is 1. The van der Waals surface area contributed by atoms with Gasteiger partial charge in [0.15, 0.2) is 0 Å². The molecule has 289 valence electrons. The van der Waals surface area contributed by atoms with Crippen LogP contribution in [0.25, 0.3) is 0 Å². The molecule has 2 aromatic rings. The van der Waals surface area contributed by atoms with E-state index in [4.69, 9.17) is 24.1 Å². The molecule has 0 spiro atoms. The third kappa shape index (κ3) is 26.4. The number of ether oxygens (including phenoxy) is 6. The summed E-state index contributed by atoms with van der Waals surface area (Å²) in [6.45, 7) is 10.7. The van der Waals surface area contributed by atoms with E-state index in [0.29, 0.717) is 41.7 Å². The Hall–Kier alpha value is -4.41. The lowest BCUT2D eigenvalue weighted by Crippen LogP contribution is -2.06. The Kier molecular flexibility index (Phi) is 32.9. The standard InChI is InChI=1S/C18H22O5.C14H20O4.C4H5BrO2.C3H4.B3/c1-13-12-16(23-17(13)19)6-4-3-5-11-22-15-9-7-14(8-10-15)18(20)21-2;1-16-10-4-3-5-11-18-13-8-6-12(7-9-13)14(15)17-2;1-3(2-5)4(6)7;2*1-3-2/h7-10,16H,1,3-6,11-12H2,2H3;6-9H,3-5,10-11H2,1-2H3;1-2H2,(H,6,7);1H,2H3;.